The Morgan fingerprint density at radius 3 is 2.57 bits per heavy atom. The van der Waals surface area contributed by atoms with E-state index in [1.165, 1.54) is 0 Å². The van der Waals surface area contributed by atoms with Gasteiger partial charge in [0.25, 0.3) is 0 Å². The fraction of sp³-hybridized carbons (Fsp3) is 0.143. The molecular formula is C14H11IN2O2S2. The van der Waals surface area contributed by atoms with Crippen LogP contribution < -0.4 is 9.47 Å². The quantitative estimate of drug-likeness (QED) is 0.570. The van der Waals surface area contributed by atoms with E-state index in [4.69, 9.17) is 9.47 Å². The van der Waals surface area contributed by atoms with Crippen molar-refractivity contribution in [2.75, 3.05) is 14.2 Å². The number of rotatable bonds is 4. The highest BCUT2D eigenvalue weighted by atomic mass is 127. The molecule has 3 rings (SSSR count). The second kappa shape index (κ2) is 6.29. The molecule has 0 aliphatic heterocycles. The minimum atomic E-state index is 0.716. The van der Waals surface area contributed by atoms with Gasteiger partial charge in [-0.2, -0.15) is 0 Å². The third-order valence-corrected chi connectivity index (χ3v) is 5.84. The monoisotopic (exact) mass is 430 g/mol. The van der Waals surface area contributed by atoms with Crippen LogP contribution in [0.15, 0.2) is 29.8 Å². The second-order valence-electron chi connectivity index (χ2n) is 4.07. The fourth-order valence-corrected chi connectivity index (χ4v) is 4.27. The summed E-state index contributed by atoms with van der Waals surface area (Å²) in [4.78, 5) is 10.0. The van der Waals surface area contributed by atoms with E-state index >= 15 is 0 Å². The molecule has 7 heteroatoms. The van der Waals surface area contributed by atoms with Crippen LogP contribution in [0.4, 0.5) is 0 Å². The van der Waals surface area contributed by atoms with Gasteiger partial charge in [0, 0.05) is 11.6 Å². The molecular weight excluding hydrogens is 419 g/mol. The number of ether oxygens (including phenoxy) is 2. The Bertz CT molecular complexity index is 770. The lowest BCUT2D eigenvalue weighted by atomic mass is 10.2. The molecule has 0 N–H and O–H groups in total. The van der Waals surface area contributed by atoms with E-state index in [-0.39, 0.29) is 0 Å². The zero-order valence-electron chi connectivity index (χ0n) is 11.3. The Hall–Kier alpha value is -1.19. The lowest BCUT2D eigenvalue weighted by Gasteiger charge is -2.08. The molecule has 0 bridgehead atoms. The average Bonchev–Trinajstić information content (AvgIpc) is 3.15. The normalized spacial score (nSPS) is 10.6. The Kier molecular flexibility index (Phi) is 4.41. The summed E-state index contributed by atoms with van der Waals surface area (Å²) in [5.41, 5.74) is 1.06. The third-order valence-electron chi connectivity index (χ3n) is 2.83. The molecule has 0 saturated heterocycles. The van der Waals surface area contributed by atoms with Crippen LogP contribution in [0.5, 0.6) is 11.5 Å². The Morgan fingerprint density at radius 1 is 1.10 bits per heavy atom. The molecule has 0 saturated carbocycles. The number of halogens is 1. The van der Waals surface area contributed by atoms with Crippen molar-refractivity contribution in [1.82, 2.24) is 9.97 Å². The summed E-state index contributed by atoms with van der Waals surface area (Å²) in [6.45, 7) is 0. The highest BCUT2D eigenvalue weighted by Crippen LogP contribution is 2.37. The van der Waals surface area contributed by atoms with Gasteiger partial charge in [0.15, 0.2) is 21.5 Å². The fourth-order valence-electron chi connectivity index (χ4n) is 1.85. The van der Waals surface area contributed by atoms with Gasteiger partial charge < -0.3 is 9.47 Å². The topological polar surface area (TPSA) is 44.2 Å². The SMILES string of the molecule is COc1ccc(-c2cnc(-c3nc(I)cs3)s2)cc1OC. The molecule has 0 unspecified atom stereocenters. The maximum absolute atomic E-state index is 5.34. The molecule has 2 aromatic heterocycles. The van der Waals surface area contributed by atoms with E-state index in [9.17, 15) is 0 Å². The van der Waals surface area contributed by atoms with Crippen molar-refractivity contribution in [3.8, 4) is 32.0 Å². The molecule has 0 fully saturated rings. The molecule has 0 radical (unpaired) electrons. The molecule has 0 atom stereocenters. The molecule has 0 spiro atoms. The van der Waals surface area contributed by atoms with Crippen LogP contribution in [0.2, 0.25) is 0 Å². The van der Waals surface area contributed by atoms with Crippen LogP contribution in [0.3, 0.4) is 0 Å². The average molecular weight is 430 g/mol. The Labute approximate surface area is 143 Å². The number of aromatic nitrogens is 2. The number of hydrogen-bond acceptors (Lipinski definition) is 6. The van der Waals surface area contributed by atoms with Crippen molar-refractivity contribution in [2.24, 2.45) is 0 Å². The van der Waals surface area contributed by atoms with Crippen molar-refractivity contribution in [3.63, 3.8) is 0 Å². The third kappa shape index (κ3) is 3.04. The van der Waals surface area contributed by atoms with Crippen molar-refractivity contribution in [3.05, 3.63) is 33.5 Å². The van der Waals surface area contributed by atoms with Gasteiger partial charge in [-0.3, -0.25) is 0 Å². The van der Waals surface area contributed by atoms with Gasteiger partial charge in [-0.05, 0) is 46.4 Å². The summed E-state index contributed by atoms with van der Waals surface area (Å²) in [5, 5.41) is 3.91. The number of thiazole rings is 2. The second-order valence-corrected chi connectivity index (χ2v) is 7.07. The molecule has 2 heterocycles. The van der Waals surface area contributed by atoms with Gasteiger partial charge in [-0.15, -0.1) is 22.7 Å². The molecule has 3 aromatic rings. The van der Waals surface area contributed by atoms with E-state index in [2.05, 4.69) is 32.6 Å². The van der Waals surface area contributed by atoms with Crippen LogP contribution in [-0.4, -0.2) is 24.2 Å². The van der Waals surface area contributed by atoms with Gasteiger partial charge in [0.2, 0.25) is 0 Å². The van der Waals surface area contributed by atoms with E-state index in [0.717, 1.165) is 29.9 Å². The predicted molar refractivity (Wildman–Crippen MR) is 94.5 cm³/mol. The number of benzene rings is 1. The molecule has 1 aromatic carbocycles. The highest BCUT2D eigenvalue weighted by molar-refractivity contribution is 14.1. The van der Waals surface area contributed by atoms with E-state index in [0.29, 0.717) is 5.75 Å². The standard InChI is InChI=1S/C14H11IN2O2S2/c1-18-9-4-3-8(5-10(9)19-2)11-6-16-13(21-11)14-17-12(15)7-20-14/h3-7H,1-2H3. The van der Waals surface area contributed by atoms with E-state index in [1.54, 1.807) is 36.9 Å². The minimum Gasteiger partial charge on any atom is -0.493 e. The van der Waals surface area contributed by atoms with Gasteiger partial charge >= 0.3 is 0 Å². The van der Waals surface area contributed by atoms with Crippen molar-refractivity contribution >= 4 is 45.3 Å². The lowest BCUT2D eigenvalue weighted by Crippen LogP contribution is -1.90. The maximum Gasteiger partial charge on any atom is 0.161 e. The van der Waals surface area contributed by atoms with Crippen molar-refractivity contribution < 1.29 is 9.47 Å². The summed E-state index contributed by atoms with van der Waals surface area (Å²) in [6, 6.07) is 5.87. The molecule has 0 aliphatic rings. The van der Waals surface area contributed by atoms with Crippen LogP contribution in [-0.2, 0) is 0 Å². The molecule has 108 valence electrons. The highest BCUT2D eigenvalue weighted by Gasteiger charge is 2.12. The first-order valence-electron chi connectivity index (χ1n) is 6.01. The number of nitrogens with zero attached hydrogens (tertiary/aromatic N) is 2. The van der Waals surface area contributed by atoms with E-state index in [1.807, 2.05) is 29.8 Å². The maximum atomic E-state index is 5.34. The largest absolute Gasteiger partial charge is 0.493 e. The number of hydrogen-bond donors (Lipinski definition) is 0. The van der Waals surface area contributed by atoms with Crippen LogP contribution in [0.1, 0.15) is 0 Å². The zero-order chi connectivity index (χ0) is 14.8. The molecule has 0 aliphatic carbocycles. The van der Waals surface area contributed by atoms with Crippen LogP contribution in [0, 0.1) is 3.70 Å². The molecule has 0 amide bonds. The first-order valence-corrected chi connectivity index (χ1v) is 8.78. The molecule has 4 nitrogen and oxygen atoms in total. The predicted octanol–water partition coefficient (Wildman–Crippen LogP) is 4.56. The summed E-state index contributed by atoms with van der Waals surface area (Å²) in [6.07, 6.45) is 1.87. The zero-order valence-corrected chi connectivity index (χ0v) is 15.1. The van der Waals surface area contributed by atoms with Gasteiger partial charge in [0.05, 0.1) is 19.1 Å². The van der Waals surface area contributed by atoms with Crippen LogP contribution in [0.25, 0.3) is 20.5 Å². The summed E-state index contributed by atoms with van der Waals surface area (Å²) < 4.78 is 11.6. The van der Waals surface area contributed by atoms with Crippen molar-refractivity contribution in [1.29, 1.82) is 0 Å². The van der Waals surface area contributed by atoms with Crippen LogP contribution >= 0.6 is 45.3 Å². The summed E-state index contributed by atoms with van der Waals surface area (Å²) >= 11 is 5.44. The first-order chi connectivity index (χ1) is 10.2. The first kappa shape index (κ1) is 14.7. The Balaban J connectivity index is 1.96. The van der Waals surface area contributed by atoms with Crippen molar-refractivity contribution in [2.45, 2.75) is 0 Å². The number of methoxy groups -OCH3 is 2. The lowest BCUT2D eigenvalue weighted by molar-refractivity contribution is 0.355. The minimum absolute atomic E-state index is 0.716. The van der Waals surface area contributed by atoms with Gasteiger partial charge in [0.1, 0.15) is 3.70 Å². The molecule has 21 heavy (non-hydrogen) atoms. The summed E-state index contributed by atoms with van der Waals surface area (Å²) in [7, 11) is 3.27. The van der Waals surface area contributed by atoms with Gasteiger partial charge in [-0.1, -0.05) is 0 Å². The van der Waals surface area contributed by atoms with E-state index < -0.39 is 0 Å². The van der Waals surface area contributed by atoms with Gasteiger partial charge in [-0.25, -0.2) is 9.97 Å². The summed E-state index contributed by atoms with van der Waals surface area (Å²) in [5.74, 6) is 1.44. The Morgan fingerprint density at radius 2 is 1.90 bits per heavy atom. The smallest absolute Gasteiger partial charge is 0.161 e.